The average molecular weight is 298 g/mol. The van der Waals surface area contributed by atoms with Gasteiger partial charge < -0.3 is 10.2 Å². The maximum atomic E-state index is 11.9. The van der Waals surface area contributed by atoms with Crippen molar-refractivity contribution in [2.45, 2.75) is 6.61 Å². The fourth-order valence-electron chi connectivity index (χ4n) is 1.80. The Bertz CT molecular complexity index is 684. The van der Waals surface area contributed by atoms with Crippen LogP contribution in [0.15, 0.2) is 60.7 Å². The number of carbonyl (C=O) groups excluding carboxylic acids is 1. The minimum absolute atomic E-state index is 0.216. The molecule has 0 aromatic heterocycles. The maximum absolute atomic E-state index is 11.9. The molecule has 2 rings (SSSR count). The van der Waals surface area contributed by atoms with Crippen molar-refractivity contribution in [2.75, 3.05) is 5.32 Å². The van der Waals surface area contributed by atoms with Crippen molar-refractivity contribution in [3.63, 3.8) is 0 Å². The predicted molar refractivity (Wildman–Crippen MR) is 82.3 cm³/mol. The van der Waals surface area contributed by atoms with E-state index in [-0.39, 0.29) is 12.5 Å². The molecule has 0 fully saturated rings. The molecule has 112 valence electrons. The second-order valence-corrected chi connectivity index (χ2v) is 4.39. The van der Waals surface area contributed by atoms with Gasteiger partial charge in [-0.05, 0) is 17.7 Å². The molecule has 6 nitrogen and oxygen atoms in total. The van der Waals surface area contributed by atoms with Crippen LogP contribution in [-0.2, 0) is 16.2 Å². The molecular formula is C16H14N2O4. The molecule has 22 heavy (non-hydrogen) atoms. The molecule has 0 heterocycles. The van der Waals surface area contributed by atoms with E-state index >= 15 is 0 Å². The van der Waals surface area contributed by atoms with E-state index in [0.717, 1.165) is 5.56 Å². The molecule has 0 atom stereocenters. The zero-order valence-corrected chi connectivity index (χ0v) is 11.6. The topological polar surface area (TPSA) is 81.5 Å². The number of anilines is 1. The molecule has 0 saturated carbocycles. The van der Waals surface area contributed by atoms with E-state index in [0.29, 0.717) is 11.3 Å². The van der Waals surface area contributed by atoms with Crippen molar-refractivity contribution in [2.24, 2.45) is 0 Å². The van der Waals surface area contributed by atoms with Crippen molar-refractivity contribution in [3.05, 3.63) is 81.9 Å². The zero-order chi connectivity index (χ0) is 15.8. The molecular weight excluding hydrogens is 284 g/mol. The molecule has 0 saturated heterocycles. The van der Waals surface area contributed by atoms with Crippen molar-refractivity contribution in [1.29, 1.82) is 0 Å². The fourth-order valence-corrected chi connectivity index (χ4v) is 1.80. The second kappa shape index (κ2) is 7.58. The van der Waals surface area contributed by atoms with E-state index < -0.39 is 5.09 Å². The first-order chi connectivity index (χ1) is 10.6. The summed E-state index contributed by atoms with van der Waals surface area (Å²) >= 11 is 0. The third-order valence-corrected chi connectivity index (χ3v) is 2.83. The number of hydrogen-bond acceptors (Lipinski definition) is 4. The van der Waals surface area contributed by atoms with E-state index in [1.807, 2.05) is 30.3 Å². The monoisotopic (exact) mass is 298 g/mol. The lowest BCUT2D eigenvalue weighted by Crippen LogP contribution is -2.11. The van der Waals surface area contributed by atoms with E-state index in [1.165, 1.54) is 6.08 Å². The molecule has 6 heteroatoms. The van der Waals surface area contributed by atoms with Crippen LogP contribution in [0.3, 0.4) is 0 Å². The van der Waals surface area contributed by atoms with Gasteiger partial charge in [-0.15, -0.1) is 10.1 Å². The van der Waals surface area contributed by atoms with Crippen LogP contribution in [0.25, 0.3) is 6.08 Å². The number of benzene rings is 2. The largest absolute Gasteiger partial charge is 0.322 e. The van der Waals surface area contributed by atoms with Crippen molar-refractivity contribution in [1.82, 2.24) is 0 Å². The fraction of sp³-hybridized carbons (Fsp3) is 0.0625. The number of rotatable bonds is 6. The van der Waals surface area contributed by atoms with Gasteiger partial charge in [0.15, 0.2) is 0 Å². The Morgan fingerprint density at radius 1 is 1.14 bits per heavy atom. The molecule has 2 aromatic rings. The van der Waals surface area contributed by atoms with Crippen LogP contribution in [0.5, 0.6) is 0 Å². The molecule has 0 bridgehead atoms. The Labute approximate surface area is 127 Å². The van der Waals surface area contributed by atoms with Crippen LogP contribution in [0.1, 0.15) is 11.1 Å². The first-order valence-corrected chi connectivity index (χ1v) is 6.54. The summed E-state index contributed by atoms with van der Waals surface area (Å²) in [5, 5.41) is 12.1. The molecule has 0 spiro atoms. The summed E-state index contributed by atoms with van der Waals surface area (Å²) < 4.78 is 0. The summed E-state index contributed by atoms with van der Waals surface area (Å²) in [6.45, 7) is -0.216. The predicted octanol–water partition coefficient (Wildman–Crippen LogP) is 3.05. The Morgan fingerprint density at radius 3 is 2.55 bits per heavy atom. The summed E-state index contributed by atoms with van der Waals surface area (Å²) in [6.07, 6.45) is 3.09. The molecule has 1 N–H and O–H groups in total. The molecule has 0 aliphatic rings. The SMILES string of the molecule is O=C(C=Cc1ccccc1)Nc1ccccc1CO[N+](=O)[O-]. The molecule has 0 unspecified atom stereocenters. The van der Waals surface area contributed by atoms with Crippen molar-refractivity contribution in [3.8, 4) is 0 Å². The van der Waals surface area contributed by atoms with Crippen LogP contribution >= 0.6 is 0 Å². The highest BCUT2D eigenvalue weighted by Crippen LogP contribution is 2.16. The van der Waals surface area contributed by atoms with Gasteiger partial charge in [-0.1, -0.05) is 48.5 Å². The normalized spacial score (nSPS) is 10.4. The van der Waals surface area contributed by atoms with Crippen LogP contribution in [0, 0.1) is 10.1 Å². The third kappa shape index (κ3) is 4.75. The Hall–Kier alpha value is -3.15. The van der Waals surface area contributed by atoms with Crippen molar-refractivity contribution < 1.29 is 14.7 Å². The molecule has 0 aliphatic heterocycles. The Morgan fingerprint density at radius 2 is 1.82 bits per heavy atom. The van der Waals surface area contributed by atoms with Crippen LogP contribution in [0.2, 0.25) is 0 Å². The first-order valence-electron chi connectivity index (χ1n) is 6.54. The number of nitrogens with one attached hydrogen (secondary N) is 1. The van der Waals surface area contributed by atoms with Crippen LogP contribution < -0.4 is 5.32 Å². The standard InChI is InChI=1S/C16H14N2O4/c19-16(11-10-13-6-2-1-3-7-13)17-15-9-5-4-8-14(15)12-22-18(20)21/h1-11H,12H2,(H,17,19). The van der Waals surface area contributed by atoms with Gasteiger partial charge in [0.1, 0.15) is 6.61 Å². The number of nitrogens with zero attached hydrogens (tertiary/aromatic N) is 1. The summed E-state index contributed by atoms with van der Waals surface area (Å²) in [4.78, 5) is 26.5. The van der Waals surface area contributed by atoms with Gasteiger partial charge in [-0.25, -0.2) is 0 Å². The highest BCUT2D eigenvalue weighted by Gasteiger charge is 2.06. The van der Waals surface area contributed by atoms with Crippen LogP contribution in [0.4, 0.5) is 5.69 Å². The molecule has 0 radical (unpaired) electrons. The van der Waals surface area contributed by atoms with Gasteiger partial charge in [-0.2, -0.15) is 0 Å². The number of amides is 1. The highest BCUT2D eigenvalue weighted by molar-refractivity contribution is 6.02. The number of para-hydroxylation sites is 1. The lowest BCUT2D eigenvalue weighted by atomic mass is 10.2. The minimum atomic E-state index is -0.867. The minimum Gasteiger partial charge on any atom is -0.322 e. The molecule has 1 amide bonds. The van der Waals surface area contributed by atoms with Gasteiger partial charge in [0.2, 0.25) is 5.91 Å². The quantitative estimate of drug-likeness (QED) is 0.505. The first kappa shape index (κ1) is 15.2. The molecule has 0 aliphatic carbocycles. The van der Waals surface area contributed by atoms with Gasteiger partial charge >= 0.3 is 0 Å². The Kier molecular flexibility index (Phi) is 5.25. The number of carbonyl (C=O) groups is 1. The van der Waals surface area contributed by atoms with Gasteiger partial charge in [0.05, 0.1) is 0 Å². The lowest BCUT2D eigenvalue weighted by Gasteiger charge is -2.08. The summed E-state index contributed by atoms with van der Waals surface area (Å²) in [5.74, 6) is -0.322. The Balaban J connectivity index is 2.02. The van der Waals surface area contributed by atoms with Crippen molar-refractivity contribution >= 4 is 17.7 Å². The molecule has 2 aromatic carbocycles. The van der Waals surface area contributed by atoms with Crippen LogP contribution in [-0.4, -0.2) is 11.0 Å². The van der Waals surface area contributed by atoms with Gasteiger partial charge in [0.25, 0.3) is 5.09 Å². The lowest BCUT2D eigenvalue weighted by molar-refractivity contribution is -0.762. The van der Waals surface area contributed by atoms with Gasteiger partial charge in [0, 0.05) is 17.3 Å². The summed E-state index contributed by atoms with van der Waals surface area (Å²) in [5.41, 5.74) is 1.91. The summed E-state index contributed by atoms with van der Waals surface area (Å²) in [6, 6.07) is 16.2. The van der Waals surface area contributed by atoms with E-state index in [1.54, 1.807) is 30.3 Å². The smallest absolute Gasteiger partial charge is 0.294 e. The highest BCUT2D eigenvalue weighted by atomic mass is 16.9. The number of hydrogen-bond donors (Lipinski definition) is 1. The third-order valence-electron chi connectivity index (χ3n) is 2.83. The van der Waals surface area contributed by atoms with Gasteiger partial charge in [-0.3, -0.25) is 4.79 Å². The van der Waals surface area contributed by atoms with E-state index in [9.17, 15) is 14.9 Å². The summed E-state index contributed by atoms with van der Waals surface area (Å²) in [7, 11) is 0. The average Bonchev–Trinajstić information content (AvgIpc) is 2.53. The van der Waals surface area contributed by atoms with E-state index in [4.69, 9.17) is 0 Å². The second-order valence-electron chi connectivity index (χ2n) is 4.39. The van der Waals surface area contributed by atoms with E-state index in [2.05, 4.69) is 10.2 Å². The maximum Gasteiger partial charge on any atom is 0.294 e. The zero-order valence-electron chi connectivity index (χ0n) is 11.6.